The molecule has 0 radical (unpaired) electrons. The first-order chi connectivity index (χ1) is 16.4. The average molecular weight is 496 g/mol. The minimum absolute atomic E-state index is 0.129. The van der Waals surface area contributed by atoms with Crippen molar-refractivity contribution in [1.29, 1.82) is 0 Å². The van der Waals surface area contributed by atoms with Gasteiger partial charge in [0.15, 0.2) is 0 Å². The summed E-state index contributed by atoms with van der Waals surface area (Å²) in [6.45, 7) is 3.73. The van der Waals surface area contributed by atoms with Gasteiger partial charge in [-0.15, -0.1) is 22.7 Å². The Balaban J connectivity index is 1.67. The molecule has 3 aromatic rings. The third-order valence-corrected chi connectivity index (χ3v) is 7.84. The normalized spacial score (nSPS) is 14.5. The van der Waals surface area contributed by atoms with E-state index in [0.717, 1.165) is 41.7 Å². The lowest BCUT2D eigenvalue weighted by atomic mass is 10.1. The molecule has 1 aliphatic rings. The SMILES string of the molecule is Cc1ccc(N(C(=O)CNC(=O)c2cccs2)[C@H](C(=O)NC2CCCC2)c2cccs2)c(C)c1. The third kappa shape index (κ3) is 5.56. The van der Waals surface area contributed by atoms with Crippen LogP contribution in [0.25, 0.3) is 0 Å². The molecule has 0 aliphatic heterocycles. The van der Waals surface area contributed by atoms with E-state index in [-0.39, 0.29) is 30.3 Å². The minimum atomic E-state index is -0.812. The predicted molar refractivity (Wildman–Crippen MR) is 138 cm³/mol. The molecular weight excluding hydrogens is 466 g/mol. The van der Waals surface area contributed by atoms with Crippen LogP contribution in [-0.2, 0) is 9.59 Å². The second kappa shape index (κ2) is 11.0. The van der Waals surface area contributed by atoms with Crippen molar-refractivity contribution in [3.8, 4) is 0 Å². The van der Waals surface area contributed by atoms with Crippen LogP contribution in [0.3, 0.4) is 0 Å². The molecule has 0 bridgehead atoms. The summed E-state index contributed by atoms with van der Waals surface area (Å²) in [5.74, 6) is -0.823. The molecule has 2 aromatic heterocycles. The molecule has 34 heavy (non-hydrogen) atoms. The van der Waals surface area contributed by atoms with E-state index in [4.69, 9.17) is 0 Å². The van der Waals surface area contributed by atoms with Gasteiger partial charge >= 0.3 is 0 Å². The Bertz CT molecular complexity index is 1140. The smallest absolute Gasteiger partial charge is 0.261 e. The molecule has 3 amide bonds. The Morgan fingerprint density at radius 3 is 2.41 bits per heavy atom. The fourth-order valence-electron chi connectivity index (χ4n) is 4.40. The van der Waals surface area contributed by atoms with Gasteiger partial charge in [-0.2, -0.15) is 0 Å². The van der Waals surface area contributed by atoms with Gasteiger partial charge in [0.25, 0.3) is 5.91 Å². The van der Waals surface area contributed by atoms with E-state index < -0.39 is 6.04 Å². The molecule has 6 nitrogen and oxygen atoms in total. The van der Waals surface area contributed by atoms with Gasteiger partial charge < -0.3 is 10.6 Å². The monoisotopic (exact) mass is 495 g/mol. The molecular formula is C26H29N3O3S2. The van der Waals surface area contributed by atoms with Gasteiger partial charge in [-0.25, -0.2) is 0 Å². The molecule has 178 valence electrons. The molecule has 1 fully saturated rings. The van der Waals surface area contributed by atoms with E-state index in [1.165, 1.54) is 22.7 Å². The number of benzene rings is 1. The highest BCUT2D eigenvalue weighted by Crippen LogP contribution is 2.33. The van der Waals surface area contributed by atoms with Gasteiger partial charge in [-0.1, -0.05) is 42.7 Å². The molecule has 1 aliphatic carbocycles. The molecule has 0 saturated heterocycles. The Kier molecular flexibility index (Phi) is 7.80. The van der Waals surface area contributed by atoms with Crippen LogP contribution in [0.15, 0.2) is 53.2 Å². The van der Waals surface area contributed by atoms with Crippen molar-refractivity contribution in [2.45, 2.75) is 51.6 Å². The van der Waals surface area contributed by atoms with Crippen molar-refractivity contribution in [2.24, 2.45) is 0 Å². The van der Waals surface area contributed by atoms with Gasteiger partial charge in [0, 0.05) is 16.6 Å². The number of carbonyl (C=O) groups is 3. The fraction of sp³-hybridized carbons (Fsp3) is 0.346. The van der Waals surface area contributed by atoms with E-state index in [1.807, 2.05) is 54.9 Å². The van der Waals surface area contributed by atoms with Crippen LogP contribution in [0, 0.1) is 13.8 Å². The van der Waals surface area contributed by atoms with Crippen LogP contribution >= 0.6 is 22.7 Å². The Morgan fingerprint density at radius 1 is 1.03 bits per heavy atom. The third-order valence-electron chi connectivity index (χ3n) is 6.05. The van der Waals surface area contributed by atoms with Crippen LogP contribution in [0.5, 0.6) is 0 Å². The molecule has 2 heterocycles. The molecule has 2 N–H and O–H groups in total. The van der Waals surface area contributed by atoms with E-state index >= 15 is 0 Å². The number of anilines is 1. The quantitative estimate of drug-likeness (QED) is 0.462. The number of thiophene rings is 2. The van der Waals surface area contributed by atoms with E-state index in [2.05, 4.69) is 10.6 Å². The average Bonchev–Trinajstić information content (AvgIpc) is 3.59. The number of hydrogen-bond acceptors (Lipinski definition) is 5. The maximum atomic E-state index is 13.7. The van der Waals surface area contributed by atoms with Crippen molar-refractivity contribution in [3.63, 3.8) is 0 Å². The summed E-state index contributed by atoms with van der Waals surface area (Å²) in [6.07, 6.45) is 4.11. The standard InChI is InChI=1S/C26H29N3O3S2/c1-17-11-12-20(18(2)15-17)29(23(30)16-27-25(31)22-10-6-14-34-22)24(21-9-5-13-33-21)26(32)28-19-7-3-4-8-19/h5-6,9-15,19,24H,3-4,7-8,16H2,1-2H3,(H,27,31)(H,28,32)/t24-/m0/s1. The lowest BCUT2D eigenvalue weighted by Crippen LogP contribution is -2.49. The minimum Gasteiger partial charge on any atom is -0.351 e. The van der Waals surface area contributed by atoms with Crippen molar-refractivity contribution < 1.29 is 14.4 Å². The van der Waals surface area contributed by atoms with Gasteiger partial charge in [0.1, 0.15) is 6.04 Å². The summed E-state index contributed by atoms with van der Waals surface area (Å²) >= 11 is 2.77. The van der Waals surface area contributed by atoms with Crippen molar-refractivity contribution in [3.05, 3.63) is 74.1 Å². The van der Waals surface area contributed by atoms with E-state index in [1.54, 1.807) is 17.0 Å². The Morgan fingerprint density at radius 2 is 1.76 bits per heavy atom. The zero-order valence-corrected chi connectivity index (χ0v) is 21.0. The fourth-order valence-corrected chi connectivity index (χ4v) is 5.85. The number of carbonyl (C=O) groups excluding carboxylic acids is 3. The summed E-state index contributed by atoms with van der Waals surface area (Å²) in [6, 6.07) is 12.4. The highest BCUT2D eigenvalue weighted by Gasteiger charge is 2.35. The van der Waals surface area contributed by atoms with Crippen LogP contribution in [0.1, 0.15) is 57.4 Å². The second-order valence-corrected chi connectivity index (χ2v) is 10.5. The van der Waals surface area contributed by atoms with Crippen molar-refractivity contribution >= 4 is 46.1 Å². The van der Waals surface area contributed by atoms with E-state index in [0.29, 0.717) is 10.6 Å². The zero-order chi connectivity index (χ0) is 24.1. The van der Waals surface area contributed by atoms with Crippen molar-refractivity contribution in [1.82, 2.24) is 10.6 Å². The van der Waals surface area contributed by atoms with Crippen LogP contribution in [0.4, 0.5) is 5.69 Å². The molecule has 1 aromatic carbocycles. The number of hydrogen-bond donors (Lipinski definition) is 2. The van der Waals surface area contributed by atoms with Gasteiger partial charge in [0.2, 0.25) is 11.8 Å². The summed E-state index contributed by atoms with van der Waals surface area (Å²) in [7, 11) is 0. The largest absolute Gasteiger partial charge is 0.351 e. The molecule has 1 atom stereocenters. The number of aryl methyl sites for hydroxylation is 2. The highest BCUT2D eigenvalue weighted by atomic mass is 32.1. The first kappa shape index (κ1) is 24.2. The lowest BCUT2D eigenvalue weighted by Gasteiger charge is -2.32. The Labute approximate surface area is 208 Å². The lowest BCUT2D eigenvalue weighted by molar-refractivity contribution is -0.126. The van der Waals surface area contributed by atoms with Crippen LogP contribution < -0.4 is 15.5 Å². The summed E-state index contributed by atoms with van der Waals surface area (Å²) in [5, 5.41) is 9.64. The highest BCUT2D eigenvalue weighted by molar-refractivity contribution is 7.12. The Hall–Kier alpha value is -2.97. The topological polar surface area (TPSA) is 78.5 Å². The van der Waals surface area contributed by atoms with E-state index in [9.17, 15) is 14.4 Å². The zero-order valence-electron chi connectivity index (χ0n) is 19.4. The molecule has 1 saturated carbocycles. The molecule has 4 rings (SSSR count). The van der Waals surface area contributed by atoms with Crippen LogP contribution in [0.2, 0.25) is 0 Å². The number of amides is 3. The maximum Gasteiger partial charge on any atom is 0.261 e. The predicted octanol–water partition coefficient (Wildman–Crippen LogP) is 4.99. The maximum absolute atomic E-state index is 13.7. The first-order valence-corrected chi connectivity index (χ1v) is 13.2. The molecule has 8 heteroatoms. The summed E-state index contributed by atoms with van der Waals surface area (Å²) in [4.78, 5) is 42.7. The van der Waals surface area contributed by atoms with Gasteiger partial charge in [-0.3, -0.25) is 19.3 Å². The van der Waals surface area contributed by atoms with Crippen LogP contribution in [-0.4, -0.2) is 30.3 Å². The number of nitrogens with zero attached hydrogens (tertiary/aromatic N) is 1. The second-order valence-electron chi connectivity index (χ2n) is 8.62. The summed E-state index contributed by atoms with van der Waals surface area (Å²) < 4.78 is 0. The number of rotatable bonds is 8. The molecule has 0 spiro atoms. The number of nitrogens with one attached hydrogen (secondary N) is 2. The van der Waals surface area contributed by atoms with Gasteiger partial charge in [-0.05, 0) is 61.2 Å². The first-order valence-electron chi connectivity index (χ1n) is 11.5. The van der Waals surface area contributed by atoms with Crippen molar-refractivity contribution in [2.75, 3.05) is 11.4 Å². The summed E-state index contributed by atoms with van der Waals surface area (Å²) in [5.41, 5.74) is 2.64. The van der Waals surface area contributed by atoms with Gasteiger partial charge in [0.05, 0.1) is 11.4 Å². The molecule has 0 unspecified atom stereocenters.